The largest absolute Gasteiger partial charge is 0.494 e. The molecule has 0 bridgehead atoms. The maximum absolute atomic E-state index is 5.92. The smallest absolute Gasteiger partial charge is 0.180 e. The molecule has 2 aromatic heterocycles. The summed E-state index contributed by atoms with van der Waals surface area (Å²) in [5.41, 5.74) is 8.75. The van der Waals surface area contributed by atoms with Crippen molar-refractivity contribution >= 4 is 16.5 Å². The Morgan fingerprint density at radius 1 is 1.14 bits per heavy atom. The topological polar surface area (TPSA) is 61.0 Å². The molecule has 3 rings (SSSR count). The van der Waals surface area contributed by atoms with Crippen molar-refractivity contribution in [3.8, 4) is 17.1 Å². The van der Waals surface area contributed by atoms with Gasteiger partial charge in [-0.3, -0.25) is 4.98 Å². The molecule has 112 valence electrons. The van der Waals surface area contributed by atoms with Gasteiger partial charge in [-0.15, -0.1) is 11.3 Å². The van der Waals surface area contributed by atoms with Crippen molar-refractivity contribution in [3.05, 3.63) is 59.1 Å². The lowest BCUT2D eigenvalue weighted by atomic mass is 10.1. The van der Waals surface area contributed by atoms with Crippen LogP contribution in [0.5, 0.6) is 5.75 Å². The molecule has 2 heterocycles. The molecule has 0 aliphatic carbocycles. The van der Waals surface area contributed by atoms with Gasteiger partial charge in [0.25, 0.3) is 0 Å². The number of aromatic nitrogens is 2. The van der Waals surface area contributed by atoms with Crippen LogP contribution in [0.15, 0.2) is 48.7 Å². The second-order valence-corrected chi connectivity index (χ2v) is 5.87. The standard InChI is InChI=1S/C17H17N3OS/c1-2-21-14-9-4-3-7-12(14)11-15-16(20-17(18)22-15)13-8-5-6-10-19-13/h3-10H,2,11H2,1H3,(H2,18,20). The van der Waals surface area contributed by atoms with Gasteiger partial charge >= 0.3 is 0 Å². The van der Waals surface area contributed by atoms with Crippen molar-refractivity contribution in [1.29, 1.82) is 0 Å². The van der Waals surface area contributed by atoms with Crippen LogP contribution < -0.4 is 10.5 Å². The molecule has 0 aliphatic rings. The second kappa shape index (κ2) is 6.58. The number of ether oxygens (including phenoxy) is 1. The molecule has 1 aromatic carbocycles. The third-order valence-electron chi connectivity index (χ3n) is 3.24. The molecule has 4 nitrogen and oxygen atoms in total. The second-order valence-electron chi connectivity index (χ2n) is 4.76. The Bertz CT molecular complexity index is 756. The molecule has 0 spiro atoms. The van der Waals surface area contributed by atoms with E-state index < -0.39 is 0 Å². The van der Waals surface area contributed by atoms with E-state index in [0.717, 1.165) is 34.0 Å². The van der Waals surface area contributed by atoms with E-state index in [4.69, 9.17) is 10.5 Å². The summed E-state index contributed by atoms with van der Waals surface area (Å²) < 4.78 is 5.70. The fraction of sp³-hybridized carbons (Fsp3) is 0.176. The van der Waals surface area contributed by atoms with Crippen LogP contribution in [0.3, 0.4) is 0 Å². The van der Waals surface area contributed by atoms with E-state index in [-0.39, 0.29) is 0 Å². The van der Waals surface area contributed by atoms with Crippen molar-refractivity contribution in [2.75, 3.05) is 12.3 Å². The van der Waals surface area contributed by atoms with E-state index in [9.17, 15) is 0 Å². The Hall–Kier alpha value is -2.40. The van der Waals surface area contributed by atoms with Gasteiger partial charge < -0.3 is 10.5 Å². The Labute approximate surface area is 133 Å². The Morgan fingerprint density at radius 3 is 2.73 bits per heavy atom. The molecule has 0 aliphatic heterocycles. The van der Waals surface area contributed by atoms with Crippen LogP contribution in [0.4, 0.5) is 5.13 Å². The zero-order valence-corrected chi connectivity index (χ0v) is 13.1. The number of benzene rings is 1. The number of hydrogen-bond donors (Lipinski definition) is 1. The first kappa shape index (κ1) is 14.5. The molecule has 0 saturated heterocycles. The minimum absolute atomic E-state index is 0.560. The van der Waals surface area contributed by atoms with E-state index >= 15 is 0 Å². The van der Waals surface area contributed by atoms with Crippen LogP contribution in [0.2, 0.25) is 0 Å². The lowest BCUT2D eigenvalue weighted by molar-refractivity contribution is 0.337. The van der Waals surface area contributed by atoms with Gasteiger partial charge in [0.15, 0.2) is 5.13 Å². The maximum Gasteiger partial charge on any atom is 0.180 e. The van der Waals surface area contributed by atoms with Gasteiger partial charge in [-0.05, 0) is 30.7 Å². The highest BCUT2D eigenvalue weighted by Gasteiger charge is 2.15. The molecule has 0 amide bonds. The number of para-hydroxylation sites is 1. The minimum Gasteiger partial charge on any atom is -0.494 e. The zero-order valence-electron chi connectivity index (χ0n) is 12.3. The average molecular weight is 311 g/mol. The number of thiazole rings is 1. The van der Waals surface area contributed by atoms with E-state index in [2.05, 4.69) is 16.0 Å². The van der Waals surface area contributed by atoms with Gasteiger partial charge in [0.05, 0.1) is 12.3 Å². The summed E-state index contributed by atoms with van der Waals surface area (Å²) in [6.45, 7) is 2.63. The molecule has 0 saturated carbocycles. The molecule has 0 unspecified atom stereocenters. The monoisotopic (exact) mass is 311 g/mol. The van der Waals surface area contributed by atoms with Gasteiger partial charge in [0.1, 0.15) is 11.4 Å². The highest BCUT2D eigenvalue weighted by atomic mass is 32.1. The predicted octanol–water partition coefficient (Wildman–Crippen LogP) is 3.78. The number of anilines is 1. The summed E-state index contributed by atoms with van der Waals surface area (Å²) in [5.74, 6) is 0.906. The summed E-state index contributed by atoms with van der Waals surface area (Å²) in [6.07, 6.45) is 2.50. The Kier molecular flexibility index (Phi) is 4.34. The number of nitrogens with zero attached hydrogens (tertiary/aromatic N) is 2. The summed E-state index contributed by atoms with van der Waals surface area (Å²) in [7, 11) is 0. The van der Waals surface area contributed by atoms with Gasteiger partial charge in [0.2, 0.25) is 0 Å². The number of rotatable bonds is 5. The highest BCUT2D eigenvalue weighted by molar-refractivity contribution is 7.15. The fourth-order valence-electron chi connectivity index (χ4n) is 2.31. The summed E-state index contributed by atoms with van der Waals surface area (Å²) in [4.78, 5) is 9.93. The molecule has 3 aromatic rings. The van der Waals surface area contributed by atoms with Crippen LogP contribution in [-0.4, -0.2) is 16.6 Å². The quantitative estimate of drug-likeness (QED) is 0.779. The van der Waals surface area contributed by atoms with Crippen molar-refractivity contribution in [3.63, 3.8) is 0 Å². The number of nitrogens with two attached hydrogens (primary N) is 1. The molecule has 5 heteroatoms. The lowest BCUT2D eigenvalue weighted by Gasteiger charge is -2.09. The summed E-state index contributed by atoms with van der Waals surface area (Å²) >= 11 is 1.50. The SMILES string of the molecule is CCOc1ccccc1Cc1sc(N)nc1-c1ccccn1. The van der Waals surface area contributed by atoms with Gasteiger partial charge in [-0.2, -0.15) is 0 Å². The number of hydrogen-bond acceptors (Lipinski definition) is 5. The molecular weight excluding hydrogens is 294 g/mol. The average Bonchev–Trinajstić information content (AvgIpc) is 2.91. The Balaban J connectivity index is 1.97. The van der Waals surface area contributed by atoms with E-state index in [1.165, 1.54) is 11.3 Å². The third-order valence-corrected chi connectivity index (χ3v) is 4.13. The van der Waals surface area contributed by atoms with Crippen LogP contribution in [0.1, 0.15) is 17.4 Å². The summed E-state index contributed by atoms with van der Waals surface area (Å²) in [6, 6.07) is 13.9. The molecule has 2 N–H and O–H groups in total. The first-order valence-corrected chi connectivity index (χ1v) is 7.97. The normalized spacial score (nSPS) is 10.6. The first-order valence-electron chi connectivity index (χ1n) is 7.15. The van der Waals surface area contributed by atoms with Crippen molar-refractivity contribution in [2.24, 2.45) is 0 Å². The van der Waals surface area contributed by atoms with Crippen molar-refractivity contribution in [1.82, 2.24) is 9.97 Å². The van der Waals surface area contributed by atoms with Gasteiger partial charge in [0, 0.05) is 17.5 Å². The highest BCUT2D eigenvalue weighted by Crippen LogP contribution is 2.32. The van der Waals surface area contributed by atoms with Crippen LogP contribution in [-0.2, 0) is 6.42 Å². The molecule has 0 radical (unpaired) electrons. The maximum atomic E-state index is 5.92. The number of nitrogen functional groups attached to an aromatic ring is 1. The Morgan fingerprint density at radius 2 is 1.95 bits per heavy atom. The van der Waals surface area contributed by atoms with E-state index in [1.54, 1.807) is 6.20 Å². The molecule has 0 atom stereocenters. The number of pyridine rings is 1. The fourth-order valence-corrected chi connectivity index (χ4v) is 3.18. The van der Waals surface area contributed by atoms with Crippen LogP contribution in [0.25, 0.3) is 11.4 Å². The van der Waals surface area contributed by atoms with Crippen molar-refractivity contribution < 1.29 is 4.74 Å². The van der Waals surface area contributed by atoms with E-state index in [1.807, 2.05) is 43.3 Å². The van der Waals surface area contributed by atoms with Crippen molar-refractivity contribution in [2.45, 2.75) is 13.3 Å². The first-order chi connectivity index (χ1) is 10.8. The molecular formula is C17H17N3OS. The van der Waals surface area contributed by atoms with Gasteiger partial charge in [-0.25, -0.2) is 4.98 Å². The third kappa shape index (κ3) is 3.09. The molecule has 22 heavy (non-hydrogen) atoms. The zero-order chi connectivity index (χ0) is 15.4. The van der Waals surface area contributed by atoms with Crippen LogP contribution >= 0.6 is 11.3 Å². The van der Waals surface area contributed by atoms with Crippen LogP contribution in [0, 0.1) is 0 Å². The van der Waals surface area contributed by atoms with Gasteiger partial charge in [-0.1, -0.05) is 24.3 Å². The lowest BCUT2D eigenvalue weighted by Crippen LogP contribution is -1.97. The summed E-state index contributed by atoms with van der Waals surface area (Å²) in [5, 5.41) is 0.560. The molecule has 0 fully saturated rings. The van der Waals surface area contributed by atoms with E-state index in [0.29, 0.717) is 11.7 Å². The predicted molar refractivity (Wildman–Crippen MR) is 90.2 cm³/mol. The minimum atomic E-state index is 0.560.